The summed E-state index contributed by atoms with van der Waals surface area (Å²) in [4.78, 5) is 0. The number of halogens is 1. The third-order valence-corrected chi connectivity index (χ3v) is 1.17. The van der Waals surface area contributed by atoms with Crippen molar-refractivity contribution in [3.05, 3.63) is 23.7 Å². The van der Waals surface area contributed by atoms with Crippen LogP contribution < -0.4 is 11.5 Å². The van der Waals surface area contributed by atoms with Crippen LogP contribution in [0.25, 0.3) is 5.73 Å². The van der Waals surface area contributed by atoms with Crippen molar-refractivity contribution < 1.29 is 24.8 Å². The van der Waals surface area contributed by atoms with E-state index in [0.29, 0.717) is 0 Å². The molecule has 0 aromatic heterocycles. The number of hydrogen-bond donors (Lipinski definition) is 2. The van der Waals surface area contributed by atoms with Crippen LogP contribution in [0.15, 0.2) is 12.1 Å². The minimum Gasteiger partial charge on any atom is -0.696 e. The molecule has 0 unspecified atom stereocenters. The summed E-state index contributed by atoms with van der Waals surface area (Å²) in [6.45, 7) is 0. The van der Waals surface area contributed by atoms with Gasteiger partial charge < -0.3 is 17.2 Å². The van der Waals surface area contributed by atoms with Crippen molar-refractivity contribution in [2.75, 3.05) is 11.5 Å². The third-order valence-electron chi connectivity index (χ3n) is 1.17. The van der Waals surface area contributed by atoms with Crippen molar-refractivity contribution in [3.8, 4) is 0 Å². The number of benzene rings is 1. The molecule has 0 fully saturated rings. The first-order chi connectivity index (χ1) is 4.61. The number of nitrogens with two attached hydrogens (primary N) is 2. The average Bonchev–Trinajstić information content (AvgIpc) is 1.84. The van der Waals surface area contributed by atoms with E-state index in [4.69, 9.17) is 17.2 Å². The zero-order chi connectivity index (χ0) is 7.72. The van der Waals surface area contributed by atoms with Crippen LogP contribution in [-0.4, -0.2) is 0 Å². The first kappa shape index (κ1) is 12.9. The Bertz CT molecular complexity index is 219. The van der Waals surface area contributed by atoms with Crippen molar-refractivity contribution in [3.63, 3.8) is 0 Å². The fourth-order valence-electron chi connectivity index (χ4n) is 0.605. The first-order valence-electron chi connectivity index (χ1n) is 2.67. The number of rotatable bonds is 0. The van der Waals surface area contributed by atoms with Gasteiger partial charge in [0, 0.05) is 20.4 Å². The van der Waals surface area contributed by atoms with Crippen LogP contribution in [-0.2, 0) is 20.4 Å². The molecule has 1 rings (SSSR count). The summed E-state index contributed by atoms with van der Waals surface area (Å²) >= 11 is 0. The van der Waals surface area contributed by atoms with Gasteiger partial charge in [-0.2, -0.15) is 0 Å². The van der Waals surface area contributed by atoms with E-state index >= 15 is 0 Å². The van der Waals surface area contributed by atoms with E-state index in [9.17, 15) is 4.39 Å². The third kappa shape index (κ3) is 2.11. The van der Waals surface area contributed by atoms with Crippen molar-refractivity contribution >= 4 is 17.1 Å². The van der Waals surface area contributed by atoms with Gasteiger partial charge in [-0.1, -0.05) is 0 Å². The summed E-state index contributed by atoms with van der Waals surface area (Å²) in [7, 11) is 0. The Kier molecular flexibility index (Phi) is 4.46. The molecule has 0 saturated carbocycles. The molecule has 0 saturated heterocycles. The fraction of sp³-hybridized carbons (Fsp3) is 0. The standard InChI is InChI=1S/C6H7FN3.Re.Rf/c7-3-1-5(9)6(10)2-4(3)8;;/h1-2,8H,9-10H2;;/q-1;;. The first-order valence-corrected chi connectivity index (χ1v) is 2.67. The second-order valence-electron chi connectivity index (χ2n) is 1.96. The molecule has 0 heterocycles. The van der Waals surface area contributed by atoms with Gasteiger partial charge in [0.15, 0.2) is 0 Å². The van der Waals surface area contributed by atoms with Crippen LogP contribution >= 0.6 is 0 Å². The monoisotopic (exact) mass is 594 g/mol. The van der Waals surface area contributed by atoms with Gasteiger partial charge in [0.2, 0.25) is 0 Å². The SMILES string of the molecule is [NH-]c1cc(N)c(N)cc1F.[Re].[Rf]. The molecule has 1 radical (unpaired) electrons. The summed E-state index contributed by atoms with van der Waals surface area (Å²) in [5.41, 5.74) is 17.7. The van der Waals surface area contributed by atoms with Gasteiger partial charge in [0.05, 0.1) is 11.4 Å². The Morgan fingerprint density at radius 3 is 2.00 bits per heavy atom. The topological polar surface area (TPSA) is 75.8 Å². The largest absolute Gasteiger partial charge is 0.696 e. The predicted molar refractivity (Wildman–Crippen MR) is 39.2 cm³/mol. The van der Waals surface area contributed by atoms with Gasteiger partial charge in [-0.25, -0.2) is 4.39 Å². The number of nitrogens with one attached hydrogen (secondary N) is 1. The van der Waals surface area contributed by atoms with Gasteiger partial charge in [-0.05, 0) is 12.1 Å². The summed E-state index contributed by atoms with van der Waals surface area (Å²) in [6.07, 6.45) is 0. The minimum absolute atomic E-state index is 0. The van der Waals surface area contributed by atoms with Crippen molar-refractivity contribution in [1.29, 1.82) is 0 Å². The molecule has 1 aromatic rings. The molecule has 0 bridgehead atoms. The molecule has 5 N–H and O–H groups in total. The van der Waals surface area contributed by atoms with E-state index in [-0.39, 0.29) is 37.5 Å². The molecule has 0 aliphatic carbocycles. The molecule has 12 heavy (non-hydrogen) atoms. The van der Waals surface area contributed by atoms with Crippen LogP contribution in [0.3, 0.4) is 0 Å². The molecule has 63 valence electrons. The van der Waals surface area contributed by atoms with Gasteiger partial charge in [0.1, 0.15) is 5.82 Å². The second kappa shape index (κ2) is 4.17. The number of nitrogen functional groups attached to an aromatic ring is 2. The van der Waals surface area contributed by atoms with Crippen molar-refractivity contribution in [2.24, 2.45) is 0 Å². The Balaban J connectivity index is 0. The Hall–Kier alpha value is -1.79. The minimum atomic E-state index is -0.647. The molecule has 1 aromatic carbocycles. The van der Waals surface area contributed by atoms with Gasteiger partial charge in [-0.15, -0.1) is 5.69 Å². The maximum atomic E-state index is 12.4. The average molecular weight is 593 g/mol. The van der Waals surface area contributed by atoms with Gasteiger partial charge >= 0.3 is 0 Å². The second-order valence-corrected chi connectivity index (χ2v) is 1.96. The van der Waals surface area contributed by atoms with E-state index in [1.165, 1.54) is 6.07 Å². The zero-order valence-electron chi connectivity index (χ0n) is 6.27. The van der Waals surface area contributed by atoms with Gasteiger partial charge in [-0.3, -0.25) is 0 Å². The molecular formula is C6H7FN3ReRf-. The van der Waals surface area contributed by atoms with E-state index in [1.54, 1.807) is 0 Å². The van der Waals surface area contributed by atoms with Crippen LogP contribution in [0.4, 0.5) is 21.5 Å². The summed E-state index contributed by atoms with van der Waals surface area (Å²) in [5, 5.41) is 0. The van der Waals surface area contributed by atoms with Crippen LogP contribution in [0.1, 0.15) is 0 Å². The molecular weight excluding hydrogens is 586 g/mol. The Morgan fingerprint density at radius 2 is 1.58 bits per heavy atom. The molecule has 0 aliphatic heterocycles. The fourth-order valence-corrected chi connectivity index (χ4v) is 0.605. The molecule has 0 atom stereocenters. The van der Waals surface area contributed by atoms with Crippen LogP contribution in [0.2, 0.25) is 0 Å². The van der Waals surface area contributed by atoms with Crippen LogP contribution in [0.5, 0.6) is 0 Å². The Morgan fingerprint density at radius 1 is 1.17 bits per heavy atom. The molecule has 0 spiro atoms. The number of anilines is 2. The molecule has 0 amide bonds. The Labute approximate surface area is 77.4 Å². The van der Waals surface area contributed by atoms with E-state index in [2.05, 4.69) is 0 Å². The zero-order valence-corrected chi connectivity index (χ0v) is 15.4. The number of hydrogen-bond acceptors (Lipinski definition) is 2. The maximum absolute atomic E-state index is 12.4. The van der Waals surface area contributed by atoms with Crippen molar-refractivity contribution in [2.45, 2.75) is 0 Å². The summed E-state index contributed by atoms with van der Waals surface area (Å²) < 4.78 is 12.4. The normalized spacial score (nSPS) is 8.08. The molecule has 3 nitrogen and oxygen atoms in total. The maximum Gasteiger partial charge on any atom is 0.110 e. The van der Waals surface area contributed by atoms with Gasteiger partial charge in [0.25, 0.3) is 0 Å². The summed E-state index contributed by atoms with van der Waals surface area (Å²) in [6, 6.07) is 2.22. The molecule has 0 aliphatic rings. The van der Waals surface area contributed by atoms with E-state index < -0.39 is 5.82 Å². The quantitative estimate of drug-likeness (QED) is 0.450. The molecule has 6 heteroatoms. The van der Waals surface area contributed by atoms with E-state index in [1.807, 2.05) is 0 Å². The predicted octanol–water partition coefficient (Wildman–Crippen LogP) is 1.67. The van der Waals surface area contributed by atoms with Crippen molar-refractivity contribution in [1.82, 2.24) is 0 Å². The summed E-state index contributed by atoms with van der Waals surface area (Å²) in [5.74, 6) is -0.647. The van der Waals surface area contributed by atoms with E-state index in [0.717, 1.165) is 6.07 Å². The smallest absolute Gasteiger partial charge is 0.110 e. The van der Waals surface area contributed by atoms with Crippen LogP contribution in [0, 0.1) is 5.82 Å².